The van der Waals surface area contributed by atoms with E-state index in [0.717, 1.165) is 38.8 Å². The molecule has 4 atom stereocenters. The zero-order chi connectivity index (χ0) is 18.7. The molecule has 0 radical (unpaired) electrons. The van der Waals surface area contributed by atoms with Gasteiger partial charge in [0, 0.05) is 18.4 Å². The summed E-state index contributed by atoms with van der Waals surface area (Å²) < 4.78 is 6.24. The van der Waals surface area contributed by atoms with Crippen molar-refractivity contribution in [2.45, 2.75) is 77.9 Å². The average Bonchev–Trinajstić information content (AvgIpc) is 3.41. The van der Waals surface area contributed by atoms with Crippen molar-refractivity contribution in [1.29, 1.82) is 0 Å². The third-order valence-electron chi connectivity index (χ3n) is 6.49. The maximum absolute atomic E-state index is 13.0. The van der Waals surface area contributed by atoms with E-state index in [0.29, 0.717) is 11.8 Å². The lowest BCUT2D eigenvalue weighted by Gasteiger charge is -2.35. The van der Waals surface area contributed by atoms with Crippen molar-refractivity contribution in [3.05, 3.63) is 35.4 Å². The van der Waals surface area contributed by atoms with Crippen LogP contribution in [0.5, 0.6) is 0 Å². The minimum Gasteiger partial charge on any atom is -0.359 e. The molecular formula is C23H35NO2. The molecule has 2 saturated heterocycles. The number of epoxide rings is 1. The summed E-state index contributed by atoms with van der Waals surface area (Å²) in [4.78, 5) is 15.1. The number of amides is 1. The zero-order valence-corrected chi connectivity index (χ0v) is 17.0. The fourth-order valence-corrected chi connectivity index (χ4v) is 4.67. The highest BCUT2D eigenvalue weighted by molar-refractivity contribution is 5.79. The summed E-state index contributed by atoms with van der Waals surface area (Å²) >= 11 is 0. The Kier molecular flexibility index (Phi) is 6.06. The van der Waals surface area contributed by atoms with Crippen molar-refractivity contribution >= 4 is 5.91 Å². The van der Waals surface area contributed by atoms with E-state index >= 15 is 0 Å². The summed E-state index contributed by atoms with van der Waals surface area (Å²) in [5.41, 5.74) is 2.49. The Hall–Kier alpha value is -1.35. The average molecular weight is 358 g/mol. The van der Waals surface area contributed by atoms with Gasteiger partial charge in [0.1, 0.15) is 11.7 Å². The van der Waals surface area contributed by atoms with Crippen LogP contribution in [0, 0.1) is 11.8 Å². The van der Waals surface area contributed by atoms with E-state index in [2.05, 4.69) is 56.9 Å². The topological polar surface area (TPSA) is 32.8 Å². The summed E-state index contributed by atoms with van der Waals surface area (Å²) in [6, 6.07) is 8.89. The Balaban J connectivity index is 1.65. The van der Waals surface area contributed by atoms with Gasteiger partial charge >= 0.3 is 0 Å². The first-order valence-electron chi connectivity index (χ1n) is 10.6. The Morgan fingerprint density at radius 3 is 2.50 bits per heavy atom. The number of ether oxygens (including phenoxy) is 1. The van der Waals surface area contributed by atoms with Gasteiger partial charge in [0.2, 0.25) is 5.91 Å². The Morgan fingerprint density at radius 2 is 1.92 bits per heavy atom. The third kappa shape index (κ3) is 3.55. The van der Waals surface area contributed by atoms with Gasteiger partial charge in [-0.15, -0.1) is 0 Å². The van der Waals surface area contributed by atoms with Crippen molar-refractivity contribution < 1.29 is 9.53 Å². The second-order valence-corrected chi connectivity index (χ2v) is 8.20. The number of benzene rings is 1. The summed E-state index contributed by atoms with van der Waals surface area (Å²) in [6.45, 7) is 10.4. The molecule has 0 bridgehead atoms. The van der Waals surface area contributed by atoms with Gasteiger partial charge in [-0.2, -0.15) is 0 Å². The monoisotopic (exact) mass is 357 g/mol. The predicted molar refractivity (Wildman–Crippen MR) is 106 cm³/mol. The molecule has 4 unspecified atom stereocenters. The molecule has 144 valence electrons. The highest BCUT2D eigenvalue weighted by Gasteiger charge is 2.64. The molecule has 2 heterocycles. The van der Waals surface area contributed by atoms with Crippen molar-refractivity contribution in [2.24, 2.45) is 11.8 Å². The number of likely N-dealkylation sites (tertiary alicyclic amines) is 1. The molecule has 3 heteroatoms. The van der Waals surface area contributed by atoms with Gasteiger partial charge in [0.25, 0.3) is 0 Å². The predicted octanol–water partition coefficient (Wildman–Crippen LogP) is 4.93. The molecule has 2 aliphatic rings. The van der Waals surface area contributed by atoms with Crippen LogP contribution in [0.1, 0.15) is 70.9 Å². The minimum absolute atomic E-state index is 0.160. The Labute approximate surface area is 159 Å². The smallest absolute Gasteiger partial charge is 0.225 e. The molecule has 0 N–H and O–H groups in total. The molecule has 3 nitrogen and oxygen atoms in total. The number of unbranched alkanes of at least 4 members (excludes halogenated alkanes) is 2. The van der Waals surface area contributed by atoms with Crippen LogP contribution in [-0.2, 0) is 21.6 Å². The molecule has 0 spiro atoms. The number of carbonyl (C=O) groups is 1. The normalized spacial score (nSPS) is 28.5. The van der Waals surface area contributed by atoms with E-state index in [-0.39, 0.29) is 17.6 Å². The fourth-order valence-electron chi connectivity index (χ4n) is 4.67. The third-order valence-corrected chi connectivity index (χ3v) is 6.49. The quantitative estimate of drug-likeness (QED) is 0.488. The lowest BCUT2D eigenvalue weighted by Crippen LogP contribution is -2.48. The second-order valence-electron chi connectivity index (χ2n) is 8.20. The van der Waals surface area contributed by atoms with Crippen LogP contribution >= 0.6 is 0 Å². The van der Waals surface area contributed by atoms with Crippen LogP contribution < -0.4 is 0 Å². The van der Waals surface area contributed by atoms with E-state index in [4.69, 9.17) is 4.74 Å². The van der Waals surface area contributed by atoms with Gasteiger partial charge in [0.15, 0.2) is 0 Å². The molecule has 0 aromatic heterocycles. The molecule has 0 aliphatic carbocycles. The number of piperidine rings is 1. The van der Waals surface area contributed by atoms with E-state index < -0.39 is 0 Å². The van der Waals surface area contributed by atoms with Crippen LogP contribution in [0.3, 0.4) is 0 Å². The molecule has 0 saturated carbocycles. The Morgan fingerprint density at radius 1 is 1.19 bits per heavy atom. The second kappa shape index (κ2) is 8.12. The van der Waals surface area contributed by atoms with Crippen LogP contribution in [0.2, 0.25) is 0 Å². The fraction of sp³-hybridized carbons (Fsp3) is 0.696. The number of fused-ring (bicyclic) bond motifs is 1. The number of rotatable bonds is 8. The number of aryl methyl sites for hydroxylation is 1. The summed E-state index contributed by atoms with van der Waals surface area (Å²) in [5, 5.41) is 0. The molecule has 1 aromatic carbocycles. The first-order chi connectivity index (χ1) is 12.6. The van der Waals surface area contributed by atoms with Crippen molar-refractivity contribution in [3.63, 3.8) is 0 Å². The highest BCUT2D eigenvalue weighted by Crippen LogP contribution is 2.55. The van der Waals surface area contributed by atoms with Crippen molar-refractivity contribution in [1.82, 2.24) is 4.90 Å². The molecule has 1 aromatic rings. The lowest BCUT2D eigenvalue weighted by atomic mass is 9.80. The van der Waals surface area contributed by atoms with Gasteiger partial charge in [-0.3, -0.25) is 4.79 Å². The molecule has 1 amide bonds. The largest absolute Gasteiger partial charge is 0.359 e. The molecule has 3 rings (SSSR count). The van der Waals surface area contributed by atoms with Crippen LogP contribution in [-0.4, -0.2) is 30.0 Å². The maximum Gasteiger partial charge on any atom is 0.225 e. The standard InChI is InChI=1S/C23H35NO2/c1-5-8-9-10-19(7-3)22(25)24-15-17(4)23(21(16-24)26-23)20-13-11-18(6-2)12-14-20/h11-14,17,19,21H,5-10,15-16H2,1-4H3. The Bertz CT molecular complexity index is 611. The number of carbonyl (C=O) groups excluding carboxylic acids is 1. The van der Waals surface area contributed by atoms with Crippen LogP contribution in [0.4, 0.5) is 0 Å². The molecule has 2 aliphatic heterocycles. The number of hydrogen-bond donors (Lipinski definition) is 0. The number of nitrogens with zero attached hydrogens (tertiary/aromatic N) is 1. The van der Waals surface area contributed by atoms with Crippen LogP contribution in [0.15, 0.2) is 24.3 Å². The highest BCUT2D eigenvalue weighted by atomic mass is 16.6. The van der Waals surface area contributed by atoms with Crippen molar-refractivity contribution in [2.75, 3.05) is 13.1 Å². The molecular weight excluding hydrogens is 322 g/mol. The summed E-state index contributed by atoms with van der Waals surface area (Å²) in [6.07, 6.45) is 6.80. The SMILES string of the molecule is CCCCCC(CC)C(=O)N1CC(C)C2(c3ccc(CC)cc3)OC2C1. The first kappa shape index (κ1) is 19.4. The van der Waals surface area contributed by atoms with Crippen molar-refractivity contribution in [3.8, 4) is 0 Å². The maximum atomic E-state index is 13.0. The van der Waals surface area contributed by atoms with E-state index in [1.165, 1.54) is 24.0 Å². The molecule has 2 fully saturated rings. The lowest BCUT2D eigenvalue weighted by molar-refractivity contribution is -0.137. The van der Waals surface area contributed by atoms with Gasteiger partial charge in [-0.25, -0.2) is 0 Å². The van der Waals surface area contributed by atoms with Gasteiger partial charge in [0.05, 0.1) is 6.54 Å². The first-order valence-corrected chi connectivity index (χ1v) is 10.6. The van der Waals surface area contributed by atoms with E-state index in [1.54, 1.807) is 0 Å². The van der Waals surface area contributed by atoms with Gasteiger partial charge in [-0.1, -0.05) is 71.2 Å². The number of hydrogen-bond acceptors (Lipinski definition) is 2. The minimum atomic E-state index is -0.160. The van der Waals surface area contributed by atoms with Gasteiger partial charge < -0.3 is 9.64 Å². The molecule has 26 heavy (non-hydrogen) atoms. The van der Waals surface area contributed by atoms with E-state index in [9.17, 15) is 4.79 Å². The van der Waals surface area contributed by atoms with E-state index in [1.807, 2.05) is 0 Å². The van der Waals surface area contributed by atoms with Gasteiger partial charge in [-0.05, 0) is 30.4 Å². The summed E-state index contributed by atoms with van der Waals surface area (Å²) in [5.74, 6) is 0.871. The summed E-state index contributed by atoms with van der Waals surface area (Å²) in [7, 11) is 0. The zero-order valence-electron chi connectivity index (χ0n) is 17.0. The van der Waals surface area contributed by atoms with Crippen LogP contribution in [0.25, 0.3) is 0 Å².